The predicted molar refractivity (Wildman–Crippen MR) is 96.7 cm³/mol. The van der Waals surface area contributed by atoms with Crippen molar-refractivity contribution in [2.75, 3.05) is 25.0 Å². The van der Waals surface area contributed by atoms with Gasteiger partial charge in [-0.1, -0.05) is 32.0 Å². The first-order chi connectivity index (χ1) is 11.5. The number of hydrogen-bond acceptors (Lipinski definition) is 3. The molecule has 5 nitrogen and oxygen atoms in total. The molecule has 0 saturated carbocycles. The summed E-state index contributed by atoms with van der Waals surface area (Å²) in [5.41, 5.74) is 0.822. The SMILES string of the molecule is CC(C)CNC(=O)[C@H](C)N1CCC[C@H](C(=O)Nc2ccccc2)C1. The maximum atomic E-state index is 12.5. The molecule has 0 aromatic heterocycles. The highest BCUT2D eigenvalue weighted by molar-refractivity contribution is 5.92. The smallest absolute Gasteiger partial charge is 0.237 e. The van der Waals surface area contributed by atoms with Crippen LogP contribution in [0.3, 0.4) is 0 Å². The largest absolute Gasteiger partial charge is 0.354 e. The summed E-state index contributed by atoms with van der Waals surface area (Å²) >= 11 is 0. The van der Waals surface area contributed by atoms with Crippen LogP contribution in [-0.2, 0) is 9.59 Å². The molecule has 1 aromatic carbocycles. The molecule has 0 unspecified atom stereocenters. The van der Waals surface area contributed by atoms with E-state index in [9.17, 15) is 9.59 Å². The van der Waals surface area contributed by atoms with E-state index >= 15 is 0 Å². The summed E-state index contributed by atoms with van der Waals surface area (Å²) in [5.74, 6) is 0.458. The van der Waals surface area contributed by atoms with Crippen molar-refractivity contribution in [3.05, 3.63) is 30.3 Å². The normalized spacial score (nSPS) is 19.8. The molecule has 1 aliphatic rings. The van der Waals surface area contributed by atoms with Gasteiger partial charge in [0.2, 0.25) is 11.8 Å². The van der Waals surface area contributed by atoms with Crippen LogP contribution in [0.4, 0.5) is 5.69 Å². The molecule has 1 heterocycles. The number of rotatable bonds is 6. The van der Waals surface area contributed by atoms with E-state index in [1.165, 1.54) is 0 Å². The fourth-order valence-corrected chi connectivity index (χ4v) is 2.96. The van der Waals surface area contributed by atoms with E-state index in [1.807, 2.05) is 37.3 Å². The van der Waals surface area contributed by atoms with E-state index in [1.54, 1.807) is 0 Å². The van der Waals surface area contributed by atoms with Crippen molar-refractivity contribution in [1.82, 2.24) is 10.2 Å². The summed E-state index contributed by atoms with van der Waals surface area (Å²) in [5, 5.41) is 5.96. The lowest BCUT2D eigenvalue weighted by molar-refractivity contribution is -0.129. The Morgan fingerprint density at radius 1 is 1.21 bits per heavy atom. The molecule has 1 saturated heterocycles. The zero-order valence-corrected chi connectivity index (χ0v) is 14.9. The number of likely N-dealkylation sites (tertiary alicyclic amines) is 1. The van der Waals surface area contributed by atoms with Crippen LogP contribution >= 0.6 is 0 Å². The lowest BCUT2D eigenvalue weighted by Gasteiger charge is -2.35. The Kier molecular flexibility index (Phi) is 6.79. The van der Waals surface area contributed by atoms with E-state index in [2.05, 4.69) is 29.4 Å². The minimum Gasteiger partial charge on any atom is -0.354 e. The lowest BCUT2D eigenvalue weighted by Crippen LogP contribution is -2.51. The van der Waals surface area contributed by atoms with Crippen LogP contribution in [0.1, 0.15) is 33.6 Å². The Morgan fingerprint density at radius 3 is 2.58 bits per heavy atom. The maximum Gasteiger partial charge on any atom is 0.237 e. The molecule has 2 rings (SSSR count). The van der Waals surface area contributed by atoms with Gasteiger partial charge in [-0.2, -0.15) is 0 Å². The topological polar surface area (TPSA) is 61.4 Å². The van der Waals surface area contributed by atoms with Crippen LogP contribution in [0.25, 0.3) is 0 Å². The third-order valence-corrected chi connectivity index (χ3v) is 4.48. The Morgan fingerprint density at radius 2 is 1.92 bits per heavy atom. The summed E-state index contributed by atoms with van der Waals surface area (Å²) in [4.78, 5) is 26.9. The highest BCUT2D eigenvalue weighted by Crippen LogP contribution is 2.20. The third-order valence-electron chi connectivity index (χ3n) is 4.48. The van der Waals surface area contributed by atoms with Gasteiger partial charge in [0, 0.05) is 18.8 Å². The monoisotopic (exact) mass is 331 g/mol. The van der Waals surface area contributed by atoms with Gasteiger partial charge < -0.3 is 10.6 Å². The molecule has 24 heavy (non-hydrogen) atoms. The number of carbonyl (C=O) groups excluding carboxylic acids is 2. The van der Waals surface area contributed by atoms with Crippen molar-refractivity contribution < 1.29 is 9.59 Å². The highest BCUT2D eigenvalue weighted by Gasteiger charge is 2.30. The van der Waals surface area contributed by atoms with Gasteiger partial charge >= 0.3 is 0 Å². The molecule has 132 valence electrons. The van der Waals surface area contributed by atoms with Crippen molar-refractivity contribution in [3.63, 3.8) is 0 Å². The van der Waals surface area contributed by atoms with Gasteiger partial charge in [-0.05, 0) is 44.4 Å². The zero-order valence-electron chi connectivity index (χ0n) is 14.9. The molecule has 1 fully saturated rings. The minimum absolute atomic E-state index is 0.0423. The number of hydrogen-bond donors (Lipinski definition) is 2. The van der Waals surface area contributed by atoms with Gasteiger partial charge in [-0.15, -0.1) is 0 Å². The van der Waals surface area contributed by atoms with Crippen LogP contribution in [0, 0.1) is 11.8 Å². The second-order valence-electron chi connectivity index (χ2n) is 7.00. The summed E-state index contributed by atoms with van der Waals surface area (Å²) in [6, 6.07) is 9.32. The number of nitrogens with zero attached hydrogens (tertiary/aromatic N) is 1. The van der Waals surface area contributed by atoms with Crippen LogP contribution in [0.2, 0.25) is 0 Å². The fourth-order valence-electron chi connectivity index (χ4n) is 2.96. The van der Waals surface area contributed by atoms with Gasteiger partial charge in [-0.25, -0.2) is 0 Å². The zero-order chi connectivity index (χ0) is 17.5. The second-order valence-corrected chi connectivity index (χ2v) is 7.00. The van der Waals surface area contributed by atoms with Gasteiger partial charge in [0.25, 0.3) is 0 Å². The maximum absolute atomic E-state index is 12.5. The Bertz CT molecular complexity index is 545. The van der Waals surface area contributed by atoms with Crippen molar-refractivity contribution in [2.24, 2.45) is 11.8 Å². The molecular weight excluding hydrogens is 302 g/mol. The number of benzene rings is 1. The average molecular weight is 331 g/mol. The van der Waals surface area contributed by atoms with Crippen LogP contribution < -0.4 is 10.6 Å². The number of anilines is 1. The van der Waals surface area contributed by atoms with Crippen molar-refractivity contribution in [2.45, 2.75) is 39.7 Å². The van der Waals surface area contributed by atoms with Gasteiger partial charge in [-0.3, -0.25) is 14.5 Å². The summed E-state index contributed by atoms with van der Waals surface area (Å²) in [6.07, 6.45) is 1.81. The molecule has 0 aliphatic carbocycles. The first kappa shape index (κ1) is 18.5. The standard InChI is InChI=1S/C19H29N3O2/c1-14(2)12-20-18(23)15(3)22-11-7-8-16(13-22)19(24)21-17-9-5-4-6-10-17/h4-6,9-10,14-16H,7-8,11-13H2,1-3H3,(H,20,23)(H,21,24)/t15-,16-/m0/s1. The first-order valence-corrected chi connectivity index (χ1v) is 8.85. The molecule has 2 N–H and O–H groups in total. The first-order valence-electron chi connectivity index (χ1n) is 8.85. The van der Waals surface area contributed by atoms with Gasteiger partial charge in [0.15, 0.2) is 0 Å². The average Bonchev–Trinajstić information content (AvgIpc) is 2.60. The van der Waals surface area contributed by atoms with Crippen LogP contribution in [0.5, 0.6) is 0 Å². The second kappa shape index (κ2) is 8.83. The Balaban J connectivity index is 1.88. The van der Waals surface area contributed by atoms with Crippen molar-refractivity contribution in [1.29, 1.82) is 0 Å². The number of piperidine rings is 1. The molecule has 5 heteroatoms. The predicted octanol–water partition coefficient (Wildman–Crippen LogP) is 2.50. The number of nitrogens with one attached hydrogen (secondary N) is 2. The van der Waals surface area contributed by atoms with Gasteiger partial charge in [0.1, 0.15) is 0 Å². The van der Waals surface area contributed by atoms with E-state index in [0.717, 1.165) is 25.1 Å². The van der Waals surface area contributed by atoms with Crippen molar-refractivity contribution in [3.8, 4) is 0 Å². The van der Waals surface area contributed by atoms with Crippen molar-refractivity contribution >= 4 is 17.5 Å². The molecule has 0 spiro atoms. The Labute approximate surface area is 144 Å². The number of para-hydroxylation sites is 1. The highest BCUT2D eigenvalue weighted by atomic mass is 16.2. The Hall–Kier alpha value is -1.88. The quantitative estimate of drug-likeness (QED) is 0.842. The minimum atomic E-state index is -0.198. The molecule has 2 amide bonds. The third kappa shape index (κ3) is 5.34. The molecule has 0 bridgehead atoms. The summed E-state index contributed by atoms with van der Waals surface area (Å²) in [6.45, 7) is 8.27. The molecule has 0 radical (unpaired) electrons. The summed E-state index contributed by atoms with van der Waals surface area (Å²) in [7, 11) is 0. The van der Waals surface area contributed by atoms with Crippen LogP contribution in [0.15, 0.2) is 30.3 Å². The van der Waals surface area contributed by atoms with E-state index < -0.39 is 0 Å². The molecule has 1 aliphatic heterocycles. The van der Waals surface area contributed by atoms with E-state index in [-0.39, 0.29) is 23.8 Å². The molecular formula is C19H29N3O2. The molecule has 2 atom stereocenters. The summed E-state index contributed by atoms with van der Waals surface area (Å²) < 4.78 is 0. The number of carbonyl (C=O) groups is 2. The van der Waals surface area contributed by atoms with Crippen LogP contribution in [-0.4, -0.2) is 42.4 Å². The molecule has 1 aromatic rings. The fraction of sp³-hybridized carbons (Fsp3) is 0.579. The van der Waals surface area contributed by atoms with Gasteiger partial charge in [0.05, 0.1) is 12.0 Å². The lowest BCUT2D eigenvalue weighted by atomic mass is 9.95. The van der Waals surface area contributed by atoms with E-state index in [0.29, 0.717) is 19.0 Å². The van der Waals surface area contributed by atoms with E-state index in [4.69, 9.17) is 0 Å². The number of amides is 2.